The lowest BCUT2D eigenvalue weighted by molar-refractivity contribution is 0.0947. The highest BCUT2D eigenvalue weighted by Gasteiger charge is 2.06. The molecule has 0 unspecified atom stereocenters. The Morgan fingerprint density at radius 1 is 1.00 bits per heavy atom. The fourth-order valence-electron chi connectivity index (χ4n) is 2.65. The van der Waals surface area contributed by atoms with Crippen LogP contribution in [0.2, 0.25) is 5.02 Å². The van der Waals surface area contributed by atoms with Crippen molar-refractivity contribution in [3.8, 4) is 5.75 Å². The topological polar surface area (TPSA) is 38.3 Å². The maximum absolute atomic E-state index is 12.3. The molecule has 0 saturated heterocycles. The Balaban J connectivity index is 1.42. The maximum Gasteiger partial charge on any atom is 0.251 e. The van der Waals surface area contributed by atoms with E-state index < -0.39 is 0 Å². The normalized spacial score (nSPS) is 10.6. The Bertz CT molecular complexity index is 956. The van der Waals surface area contributed by atoms with E-state index in [1.165, 1.54) is 16.0 Å². The Kier molecular flexibility index (Phi) is 7.62. The van der Waals surface area contributed by atoms with Crippen LogP contribution in [0.3, 0.4) is 0 Å². The first kappa shape index (κ1) is 21.3. The SMILES string of the molecule is Cc1ccc(SCc2ccc(C(=O)NCCOc3ccc(C)c(Cl)c3)cc2)cc1. The summed E-state index contributed by atoms with van der Waals surface area (Å²) >= 11 is 7.87. The minimum Gasteiger partial charge on any atom is -0.492 e. The van der Waals surface area contributed by atoms with Crippen LogP contribution in [-0.2, 0) is 5.75 Å². The molecule has 1 N–H and O–H groups in total. The van der Waals surface area contributed by atoms with Crippen molar-refractivity contribution in [2.45, 2.75) is 24.5 Å². The molecule has 3 aromatic carbocycles. The second-order valence-corrected chi connectivity index (χ2v) is 8.27. The number of nitrogens with one attached hydrogen (secondary N) is 1. The van der Waals surface area contributed by atoms with Crippen molar-refractivity contribution in [2.24, 2.45) is 0 Å². The van der Waals surface area contributed by atoms with Crippen LogP contribution in [0.25, 0.3) is 0 Å². The molecule has 150 valence electrons. The number of benzene rings is 3. The van der Waals surface area contributed by atoms with Crippen LogP contribution in [0.4, 0.5) is 0 Å². The molecule has 0 spiro atoms. The van der Waals surface area contributed by atoms with Gasteiger partial charge in [-0.25, -0.2) is 0 Å². The summed E-state index contributed by atoms with van der Waals surface area (Å²) < 4.78 is 5.63. The number of thioether (sulfide) groups is 1. The van der Waals surface area contributed by atoms with Crippen LogP contribution < -0.4 is 10.1 Å². The van der Waals surface area contributed by atoms with Gasteiger partial charge in [-0.05, 0) is 61.4 Å². The van der Waals surface area contributed by atoms with E-state index >= 15 is 0 Å². The molecule has 0 saturated carbocycles. The van der Waals surface area contributed by atoms with E-state index in [0.717, 1.165) is 11.3 Å². The predicted molar refractivity (Wildman–Crippen MR) is 121 cm³/mol. The summed E-state index contributed by atoms with van der Waals surface area (Å²) in [6, 6.07) is 21.8. The molecule has 0 fully saturated rings. The van der Waals surface area contributed by atoms with E-state index in [0.29, 0.717) is 29.5 Å². The van der Waals surface area contributed by atoms with E-state index in [1.54, 1.807) is 17.8 Å². The molecule has 29 heavy (non-hydrogen) atoms. The molecule has 5 heteroatoms. The number of rotatable bonds is 8. The summed E-state index contributed by atoms with van der Waals surface area (Å²) in [5.74, 6) is 1.47. The average Bonchev–Trinajstić information content (AvgIpc) is 2.73. The first-order valence-corrected chi connectivity index (χ1v) is 10.8. The van der Waals surface area contributed by atoms with Gasteiger partial charge in [-0.1, -0.05) is 47.5 Å². The molecule has 0 aliphatic heterocycles. The fraction of sp³-hybridized carbons (Fsp3) is 0.208. The van der Waals surface area contributed by atoms with Crippen molar-refractivity contribution in [1.82, 2.24) is 5.32 Å². The summed E-state index contributed by atoms with van der Waals surface area (Å²) in [6.45, 7) is 4.84. The molecule has 3 rings (SSSR count). The highest BCUT2D eigenvalue weighted by molar-refractivity contribution is 7.98. The Labute approximate surface area is 181 Å². The zero-order chi connectivity index (χ0) is 20.6. The van der Waals surface area contributed by atoms with Crippen LogP contribution in [0, 0.1) is 13.8 Å². The van der Waals surface area contributed by atoms with Gasteiger partial charge in [0.25, 0.3) is 5.91 Å². The molecule has 0 aliphatic carbocycles. The van der Waals surface area contributed by atoms with Crippen LogP contribution in [0.15, 0.2) is 71.6 Å². The lowest BCUT2D eigenvalue weighted by Crippen LogP contribution is -2.28. The number of carbonyl (C=O) groups excluding carboxylic acids is 1. The van der Waals surface area contributed by atoms with Gasteiger partial charge in [0, 0.05) is 21.2 Å². The number of hydrogen-bond acceptors (Lipinski definition) is 3. The van der Waals surface area contributed by atoms with Crippen molar-refractivity contribution in [2.75, 3.05) is 13.2 Å². The third kappa shape index (κ3) is 6.55. The quantitative estimate of drug-likeness (QED) is 0.352. The number of carbonyl (C=O) groups is 1. The second-order valence-electron chi connectivity index (χ2n) is 6.81. The standard InChI is InChI=1S/C24H24ClNO2S/c1-17-3-11-22(12-4-17)29-16-19-6-8-20(9-7-19)24(27)26-13-14-28-21-10-5-18(2)23(25)15-21/h3-12,15H,13-14,16H2,1-2H3,(H,26,27). The summed E-state index contributed by atoms with van der Waals surface area (Å²) in [4.78, 5) is 13.5. The van der Waals surface area contributed by atoms with E-state index in [2.05, 4.69) is 36.5 Å². The van der Waals surface area contributed by atoms with Crippen molar-refractivity contribution in [1.29, 1.82) is 0 Å². The molecule has 1 amide bonds. The third-order valence-electron chi connectivity index (χ3n) is 4.44. The number of hydrogen-bond donors (Lipinski definition) is 1. The molecule has 3 nitrogen and oxygen atoms in total. The van der Waals surface area contributed by atoms with Crippen molar-refractivity contribution in [3.05, 3.63) is 94.0 Å². The monoisotopic (exact) mass is 425 g/mol. The fourth-order valence-corrected chi connectivity index (χ4v) is 3.68. The number of aryl methyl sites for hydroxylation is 2. The van der Waals surface area contributed by atoms with Gasteiger partial charge in [-0.2, -0.15) is 0 Å². The summed E-state index contributed by atoms with van der Waals surface area (Å²) in [5.41, 5.74) is 4.10. The molecule has 0 aliphatic rings. The summed E-state index contributed by atoms with van der Waals surface area (Å²) in [5, 5.41) is 3.55. The van der Waals surface area contributed by atoms with E-state index in [9.17, 15) is 4.79 Å². The first-order valence-electron chi connectivity index (χ1n) is 9.47. The molecule has 0 bridgehead atoms. The zero-order valence-corrected chi connectivity index (χ0v) is 18.1. The molecule has 0 aromatic heterocycles. The highest BCUT2D eigenvalue weighted by Crippen LogP contribution is 2.23. The van der Waals surface area contributed by atoms with Crippen molar-refractivity contribution in [3.63, 3.8) is 0 Å². The number of amides is 1. The Morgan fingerprint density at radius 2 is 1.72 bits per heavy atom. The zero-order valence-electron chi connectivity index (χ0n) is 16.6. The van der Waals surface area contributed by atoms with E-state index in [-0.39, 0.29) is 5.91 Å². The minimum absolute atomic E-state index is 0.103. The predicted octanol–water partition coefficient (Wildman–Crippen LogP) is 6.06. The smallest absolute Gasteiger partial charge is 0.251 e. The van der Waals surface area contributed by atoms with Gasteiger partial charge < -0.3 is 10.1 Å². The first-order chi connectivity index (χ1) is 14.0. The van der Waals surface area contributed by atoms with Crippen LogP contribution in [-0.4, -0.2) is 19.1 Å². The Morgan fingerprint density at radius 3 is 2.41 bits per heavy atom. The minimum atomic E-state index is -0.103. The van der Waals surface area contributed by atoms with Gasteiger partial charge in [0.15, 0.2) is 0 Å². The van der Waals surface area contributed by atoms with Crippen LogP contribution >= 0.6 is 23.4 Å². The van der Waals surface area contributed by atoms with Crippen molar-refractivity contribution >= 4 is 29.3 Å². The molecule has 0 radical (unpaired) electrons. The highest BCUT2D eigenvalue weighted by atomic mass is 35.5. The molecule has 0 atom stereocenters. The number of ether oxygens (including phenoxy) is 1. The molecular weight excluding hydrogens is 402 g/mol. The maximum atomic E-state index is 12.3. The lowest BCUT2D eigenvalue weighted by atomic mass is 10.1. The van der Waals surface area contributed by atoms with Gasteiger partial charge in [0.05, 0.1) is 6.54 Å². The van der Waals surface area contributed by atoms with Gasteiger partial charge in [-0.3, -0.25) is 4.79 Å². The summed E-state index contributed by atoms with van der Waals surface area (Å²) in [7, 11) is 0. The van der Waals surface area contributed by atoms with Crippen molar-refractivity contribution < 1.29 is 9.53 Å². The second kappa shape index (κ2) is 10.4. The number of halogens is 1. The summed E-state index contributed by atoms with van der Waals surface area (Å²) in [6.07, 6.45) is 0. The van der Waals surface area contributed by atoms with Crippen LogP contribution in [0.1, 0.15) is 27.0 Å². The van der Waals surface area contributed by atoms with E-state index in [4.69, 9.17) is 16.3 Å². The molecular formula is C24H24ClNO2S. The van der Waals surface area contributed by atoms with Gasteiger partial charge in [0.1, 0.15) is 12.4 Å². The van der Waals surface area contributed by atoms with Crippen LogP contribution in [0.5, 0.6) is 5.75 Å². The average molecular weight is 426 g/mol. The van der Waals surface area contributed by atoms with Gasteiger partial charge in [0.2, 0.25) is 0 Å². The molecule has 0 heterocycles. The van der Waals surface area contributed by atoms with Gasteiger partial charge >= 0.3 is 0 Å². The largest absolute Gasteiger partial charge is 0.492 e. The third-order valence-corrected chi connectivity index (χ3v) is 5.93. The van der Waals surface area contributed by atoms with Gasteiger partial charge in [-0.15, -0.1) is 11.8 Å². The lowest BCUT2D eigenvalue weighted by Gasteiger charge is -2.09. The Hall–Kier alpha value is -2.43. The van der Waals surface area contributed by atoms with E-state index in [1.807, 2.05) is 43.3 Å². The molecule has 3 aromatic rings.